The van der Waals surface area contributed by atoms with Crippen molar-refractivity contribution in [1.29, 1.82) is 0 Å². The van der Waals surface area contributed by atoms with E-state index in [9.17, 15) is 0 Å². The largest absolute Gasteiger partial charge is 1.00 e. The van der Waals surface area contributed by atoms with Crippen molar-refractivity contribution in [3.8, 4) is 0 Å². The molecule has 0 bridgehead atoms. The molecule has 0 saturated carbocycles. The molecule has 0 unspecified atom stereocenters. The first-order chi connectivity index (χ1) is 6.22. The van der Waals surface area contributed by atoms with E-state index in [4.69, 9.17) is 4.79 Å². The minimum atomic E-state index is 0. The molecule has 1 rings (SSSR count). The van der Waals surface area contributed by atoms with Crippen molar-refractivity contribution in [3.63, 3.8) is 0 Å². The topological polar surface area (TPSA) is 29.1 Å². The van der Waals surface area contributed by atoms with Gasteiger partial charge in [0.2, 0.25) is 0 Å². The summed E-state index contributed by atoms with van der Waals surface area (Å²) in [5, 5.41) is 2.19. The van der Waals surface area contributed by atoms with Crippen LogP contribution in [0.25, 0.3) is 0 Å². The van der Waals surface area contributed by atoms with Crippen molar-refractivity contribution in [1.82, 2.24) is 5.32 Å². The zero-order chi connectivity index (χ0) is 10.1. The van der Waals surface area contributed by atoms with Crippen LogP contribution in [0.4, 0.5) is 0 Å². The van der Waals surface area contributed by atoms with Crippen LogP contribution in [0.2, 0.25) is 0 Å². The average Bonchev–Trinajstić information content (AvgIpc) is 2.13. The van der Waals surface area contributed by atoms with E-state index in [-0.39, 0.29) is 51.4 Å². The Bertz CT molecular complexity index is 230. The molecule has 0 fully saturated rings. The van der Waals surface area contributed by atoms with E-state index >= 15 is 0 Å². The predicted molar refractivity (Wildman–Crippen MR) is 53.8 cm³/mol. The second-order valence-corrected chi connectivity index (χ2v) is 2.51. The van der Waals surface area contributed by atoms with Gasteiger partial charge in [-0.15, -0.1) is 6.54 Å². The van der Waals surface area contributed by atoms with Gasteiger partial charge in [-0.3, -0.25) is 0 Å². The van der Waals surface area contributed by atoms with Crippen LogP contribution in [0, 0.1) is 26.8 Å². The van der Waals surface area contributed by atoms with Gasteiger partial charge >= 0.3 is 51.4 Å². The Labute approximate surface area is 129 Å². The van der Waals surface area contributed by atoms with Crippen LogP contribution in [0.15, 0.2) is 18.2 Å². The number of rotatable bonds is 2. The van der Waals surface area contributed by atoms with Gasteiger partial charge in [-0.2, -0.15) is 41.8 Å². The molecule has 0 spiro atoms. The molecule has 0 aliphatic heterocycles. The Morgan fingerprint density at radius 3 is 2.43 bits per heavy atom. The fourth-order valence-corrected chi connectivity index (χ4v) is 0.655. The van der Waals surface area contributed by atoms with Crippen LogP contribution < -0.4 is 56.7 Å². The van der Waals surface area contributed by atoms with Crippen molar-refractivity contribution in [2.24, 2.45) is 0 Å². The molecule has 0 aliphatic carbocycles. The van der Waals surface area contributed by atoms with E-state index in [0.29, 0.717) is 6.54 Å². The molecule has 0 heterocycles. The molecule has 0 atom stereocenters. The smallest absolute Gasteiger partial charge is 0.555 e. The molecule has 1 aromatic rings. The molecule has 0 saturated heterocycles. The third-order valence-electron chi connectivity index (χ3n) is 1.53. The number of aryl methyl sites for hydroxylation is 2. The third kappa shape index (κ3) is 8.90. The Balaban J connectivity index is 0. The van der Waals surface area contributed by atoms with Gasteiger partial charge in [0.05, 0.1) is 0 Å². The van der Waals surface area contributed by atoms with Gasteiger partial charge in [-0.05, 0) is 0 Å². The van der Waals surface area contributed by atoms with Crippen molar-refractivity contribution in [2.75, 3.05) is 6.54 Å². The normalized spacial score (nSPS) is 7.64. The average molecular weight is 215 g/mol. The number of amides is 1. The first-order valence-corrected chi connectivity index (χ1v) is 4.05. The second-order valence-electron chi connectivity index (χ2n) is 2.51. The molecule has 14 heavy (non-hydrogen) atoms. The molecule has 0 aromatic heterocycles. The Hall–Kier alpha value is 0.326. The molecular formula is C11H14KNO-2. The zero-order valence-corrected chi connectivity index (χ0v) is 12.2. The second kappa shape index (κ2) is 11.4. The summed E-state index contributed by atoms with van der Waals surface area (Å²) in [5.41, 5.74) is 2.56. The van der Waals surface area contributed by atoms with Crippen molar-refractivity contribution in [3.05, 3.63) is 42.3 Å². The Morgan fingerprint density at radius 1 is 1.57 bits per heavy atom. The summed E-state index contributed by atoms with van der Waals surface area (Å²) in [7, 11) is 0. The first kappa shape index (κ1) is 16.7. The maximum absolute atomic E-state index is 9.13. The number of carbonyl (C=O) groups excluding carboxylic acids is 1. The van der Waals surface area contributed by atoms with Gasteiger partial charge in [0, 0.05) is 0 Å². The van der Waals surface area contributed by atoms with Gasteiger partial charge in [0.25, 0.3) is 0 Å². The maximum Gasteiger partial charge on any atom is 1.00 e. The summed E-state index contributed by atoms with van der Waals surface area (Å²) in [6.07, 6.45) is 1.45. The van der Waals surface area contributed by atoms with Crippen LogP contribution in [0.1, 0.15) is 11.1 Å². The molecule has 1 aromatic carbocycles. The zero-order valence-electron chi connectivity index (χ0n) is 9.05. The van der Waals surface area contributed by atoms with Crippen LogP contribution >= 0.6 is 0 Å². The minimum Gasteiger partial charge on any atom is -0.555 e. The summed E-state index contributed by atoms with van der Waals surface area (Å²) in [6.45, 7) is 7.88. The monoisotopic (exact) mass is 215 g/mol. The van der Waals surface area contributed by atoms with E-state index in [1.165, 1.54) is 17.5 Å². The number of hydrogen-bond acceptors (Lipinski definition) is 1. The minimum absolute atomic E-state index is 0. The van der Waals surface area contributed by atoms with Crippen LogP contribution in [0.3, 0.4) is 0 Å². The number of benzene rings is 1. The number of nitrogens with one attached hydrogen (secondary N) is 1. The summed E-state index contributed by atoms with van der Waals surface area (Å²) in [5.74, 6) is 0. The van der Waals surface area contributed by atoms with Crippen LogP contribution in [-0.4, -0.2) is 13.0 Å². The van der Waals surface area contributed by atoms with Gasteiger partial charge in [0.15, 0.2) is 0 Å². The molecule has 0 aliphatic rings. The summed E-state index contributed by atoms with van der Waals surface area (Å²) in [4.78, 5) is 9.13. The SMILES string of the molecule is Cc1[c-]cccc1C.[CH2-]CN[C-]=O.[K+]. The van der Waals surface area contributed by atoms with Gasteiger partial charge in [-0.25, -0.2) is 0 Å². The molecule has 1 N–H and O–H groups in total. The molecule has 2 nitrogen and oxygen atoms in total. The fourth-order valence-electron chi connectivity index (χ4n) is 0.655. The Kier molecular flexibility index (Phi) is 13.6. The molecule has 1 amide bonds. The maximum atomic E-state index is 9.13. The Morgan fingerprint density at radius 2 is 2.21 bits per heavy atom. The van der Waals surface area contributed by atoms with E-state index < -0.39 is 0 Å². The molecular weight excluding hydrogens is 201 g/mol. The van der Waals surface area contributed by atoms with Crippen LogP contribution in [0.5, 0.6) is 0 Å². The standard InChI is InChI=1S/C8H9.C3H5NO.K/c1-7-5-3-4-6-8(7)2;1-2-4-3-5;/h3-5H,1-2H3;1-2H2,(H,4,5);/q-1;-2;+1. The molecule has 72 valence electrons. The van der Waals surface area contributed by atoms with Crippen LogP contribution in [-0.2, 0) is 4.79 Å². The van der Waals surface area contributed by atoms with E-state index in [0.717, 1.165) is 0 Å². The van der Waals surface area contributed by atoms with Crippen molar-refractivity contribution < 1.29 is 56.2 Å². The fraction of sp³-hybridized carbons (Fsp3) is 0.273. The first-order valence-electron chi connectivity index (χ1n) is 4.05. The summed E-state index contributed by atoms with van der Waals surface area (Å²) in [6, 6.07) is 9.12. The molecule has 0 radical (unpaired) electrons. The van der Waals surface area contributed by atoms with Gasteiger partial charge < -0.3 is 17.0 Å². The number of hydrogen-bond donors (Lipinski definition) is 1. The molecule has 3 heteroatoms. The van der Waals surface area contributed by atoms with E-state index in [1.54, 1.807) is 0 Å². The third-order valence-corrected chi connectivity index (χ3v) is 1.53. The predicted octanol–water partition coefficient (Wildman–Crippen LogP) is -1.42. The summed E-state index contributed by atoms with van der Waals surface area (Å²) >= 11 is 0. The van der Waals surface area contributed by atoms with E-state index in [2.05, 4.69) is 38.2 Å². The summed E-state index contributed by atoms with van der Waals surface area (Å²) < 4.78 is 0. The van der Waals surface area contributed by atoms with E-state index in [1.807, 2.05) is 12.1 Å². The van der Waals surface area contributed by atoms with Gasteiger partial charge in [0.1, 0.15) is 0 Å². The van der Waals surface area contributed by atoms with Crippen molar-refractivity contribution >= 4 is 6.41 Å². The van der Waals surface area contributed by atoms with Gasteiger partial charge in [-0.1, -0.05) is 13.8 Å². The van der Waals surface area contributed by atoms with Crippen molar-refractivity contribution in [2.45, 2.75) is 13.8 Å². The quantitative estimate of drug-likeness (QED) is 0.366.